The fourth-order valence-electron chi connectivity index (χ4n) is 5.29. The third-order valence-electron chi connectivity index (χ3n) is 5.66. The normalized spacial score (nSPS) is 33.0. The number of hydrogen-bond acceptors (Lipinski definition) is 1. The first-order chi connectivity index (χ1) is 9.46. The summed E-state index contributed by atoms with van der Waals surface area (Å²) in [6.07, 6.45) is 3.74. The lowest BCUT2D eigenvalue weighted by Crippen LogP contribution is -2.57. The molecule has 1 aromatic carbocycles. The van der Waals surface area contributed by atoms with E-state index in [1.54, 1.807) is 5.56 Å². The molecule has 2 nitrogen and oxygen atoms in total. The van der Waals surface area contributed by atoms with Crippen molar-refractivity contribution in [2.75, 3.05) is 0 Å². The van der Waals surface area contributed by atoms with Gasteiger partial charge in [-0.2, -0.15) is 0 Å². The Labute approximate surface area is 121 Å². The average molecular weight is 268 g/mol. The minimum Gasteiger partial charge on any atom is -0.358 e. The quantitative estimate of drug-likeness (QED) is 0.821. The Morgan fingerprint density at radius 1 is 1.15 bits per heavy atom. The molecule has 2 aromatic rings. The predicted octanol–water partition coefficient (Wildman–Crippen LogP) is 4.20. The maximum atomic E-state index is 3.70. The van der Waals surface area contributed by atoms with Gasteiger partial charge >= 0.3 is 0 Å². The monoisotopic (exact) mass is 268 g/mol. The highest BCUT2D eigenvalue weighted by atomic mass is 15.3. The van der Waals surface area contributed by atoms with E-state index in [0.717, 1.165) is 6.42 Å². The molecule has 1 saturated heterocycles. The van der Waals surface area contributed by atoms with Gasteiger partial charge in [0.15, 0.2) is 0 Å². The number of fused-ring (bicyclic) bond motifs is 6. The number of rotatable bonds is 1. The van der Waals surface area contributed by atoms with Gasteiger partial charge in [-0.15, -0.1) is 0 Å². The summed E-state index contributed by atoms with van der Waals surface area (Å²) >= 11 is 0. The minimum atomic E-state index is 0.191. The second-order valence-corrected chi connectivity index (χ2v) is 7.44. The number of aromatic nitrogens is 1. The second-order valence-electron chi connectivity index (χ2n) is 7.44. The van der Waals surface area contributed by atoms with Crippen molar-refractivity contribution in [1.29, 1.82) is 0 Å². The van der Waals surface area contributed by atoms with Crippen molar-refractivity contribution in [3.63, 3.8) is 0 Å². The molecule has 2 aliphatic rings. The lowest BCUT2D eigenvalue weighted by molar-refractivity contribution is 0.00974. The van der Waals surface area contributed by atoms with Gasteiger partial charge < -0.3 is 4.98 Å². The Hall–Kier alpha value is -1.28. The van der Waals surface area contributed by atoms with Crippen LogP contribution < -0.4 is 0 Å². The Kier molecular flexibility index (Phi) is 2.29. The summed E-state index contributed by atoms with van der Waals surface area (Å²) in [5.74, 6) is 0. The first-order valence-electron chi connectivity index (χ1n) is 7.85. The molecule has 20 heavy (non-hydrogen) atoms. The summed E-state index contributed by atoms with van der Waals surface area (Å²) in [5.41, 5.74) is 4.85. The fraction of sp³-hybridized carbons (Fsp3) is 0.556. The van der Waals surface area contributed by atoms with Crippen LogP contribution >= 0.6 is 0 Å². The third kappa shape index (κ3) is 1.33. The Morgan fingerprint density at radius 3 is 2.65 bits per heavy atom. The van der Waals surface area contributed by atoms with Crippen molar-refractivity contribution < 1.29 is 0 Å². The number of nitrogens with one attached hydrogen (secondary N) is 1. The number of aromatic amines is 1. The van der Waals surface area contributed by atoms with Crippen LogP contribution in [0.4, 0.5) is 0 Å². The van der Waals surface area contributed by atoms with E-state index in [4.69, 9.17) is 0 Å². The van der Waals surface area contributed by atoms with Gasteiger partial charge in [0.05, 0.1) is 0 Å². The first kappa shape index (κ1) is 12.5. The second kappa shape index (κ2) is 3.67. The van der Waals surface area contributed by atoms with Gasteiger partial charge in [0.1, 0.15) is 0 Å². The standard InChI is InChI=1S/C18H24N2/c1-12(2)20-17(3)9-10-18(20,4)16-13-7-5-6-8-14(13)19-15(16)11-17/h5-8,12,19H,9-11H2,1-4H3. The van der Waals surface area contributed by atoms with Crippen LogP contribution in [0.5, 0.6) is 0 Å². The maximum Gasteiger partial charge on any atom is 0.0465 e. The van der Waals surface area contributed by atoms with E-state index in [9.17, 15) is 0 Å². The van der Waals surface area contributed by atoms with Crippen LogP contribution in [-0.4, -0.2) is 21.5 Å². The molecule has 2 bridgehead atoms. The minimum absolute atomic E-state index is 0.191. The third-order valence-corrected chi connectivity index (χ3v) is 5.66. The fourth-order valence-corrected chi connectivity index (χ4v) is 5.29. The van der Waals surface area contributed by atoms with Gasteiger partial charge in [0.25, 0.3) is 0 Å². The van der Waals surface area contributed by atoms with E-state index in [1.165, 1.54) is 29.4 Å². The molecule has 3 heterocycles. The topological polar surface area (TPSA) is 19.0 Å². The van der Waals surface area contributed by atoms with Crippen LogP contribution in [-0.2, 0) is 12.0 Å². The number of benzene rings is 1. The highest BCUT2D eigenvalue weighted by Crippen LogP contribution is 2.56. The van der Waals surface area contributed by atoms with Crippen LogP contribution in [0, 0.1) is 0 Å². The van der Waals surface area contributed by atoms with E-state index in [1.807, 2.05) is 0 Å². The largest absolute Gasteiger partial charge is 0.358 e. The zero-order valence-corrected chi connectivity index (χ0v) is 13.0. The molecule has 0 radical (unpaired) electrons. The summed E-state index contributed by atoms with van der Waals surface area (Å²) in [6, 6.07) is 9.39. The van der Waals surface area contributed by atoms with Crippen molar-refractivity contribution in [3.8, 4) is 0 Å². The summed E-state index contributed by atoms with van der Waals surface area (Å²) in [6.45, 7) is 9.60. The molecule has 1 aromatic heterocycles. The van der Waals surface area contributed by atoms with E-state index in [-0.39, 0.29) is 5.54 Å². The Balaban J connectivity index is 2.03. The first-order valence-corrected chi connectivity index (χ1v) is 7.85. The lowest BCUT2D eigenvalue weighted by atomic mass is 9.81. The molecule has 106 valence electrons. The van der Waals surface area contributed by atoms with Gasteiger partial charge in [0.2, 0.25) is 0 Å². The Morgan fingerprint density at radius 2 is 1.90 bits per heavy atom. The summed E-state index contributed by atoms with van der Waals surface area (Å²) < 4.78 is 0. The van der Waals surface area contributed by atoms with Crippen LogP contribution in [0.3, 0.4) is 0 Å². The van der Waals surface area contributed by atoms with Crippen LogP contribution in [0.15, 0.2) is 24.3 Å². The van der Waals surface area contributed by atoms with E-state index in [0.29, 0.717) is 11.6 Å². The van der Waals surface area contributed by atoms with Gasteiger partial charge in [-0.3, -0.25) is 4.90 Å². The molecule has 4 rings (SSSR count). The van der Waals surface area contributed by atoms with Crippen molar-refractivity contribution in [2.24, 2.45) is 0 Å². The van der Waals surface area contributed by atoms with Gasteiger partial charge in [0, 0.05) is 45.7 Å². The molecule has 1 fully saturated rings. The molecule has 0 aliphatic carbocycles. The van der Waals surface area contributed by atoms with E-state index in [2.05, 4.69) is 61.8 Å². The zero-order valence-electron chi connectivity index (χ0n) is 13.0. The van der Waals surface area contributed by atoms with Gasteiger partial charge in [-0.25, -0.2) is 0 Å². The molecular weight excluding hydrogens is 244 g/mol. The maximum absolute atomic E-state index is 3.70. The summed E-state index contributed by atoms with van der Waals surface area (Å²) in [5, 5.41) is 1.43. The van der Waals surface area contributed by atoms with Crippen molar-refractivity contribution in [2.45, 2.75) is 64.1 Å². The molecule has 2 atom stereocenters. The Bertz CT molecular complexity index is 684. The highest BCUT2D eigenvalue weighted by molar-refractivity contribution is 5.86. The molecule has 1 N–H and O–H groups in total. The molecule has 2 heteroatoms. The average Bonchev–Trinajstić information content (AvgIpc) is 2.82. The van der Waals surface area contributed by atoms with Crippen molar-refractivity contribution in [3.05, 3.63) is 35.5 Å². The molecule has 2 aliphatic heterocycles. The van der Waals surface area contributed by atoms with Crippen molar-refractivity contribution in [1.82, 2.24) is 9.88 Å². The molecule has 0 saturated carbocycles. The van der Waals surface area contributed by atoms with Crippen LogP contribution in [0.2, 0.25) is 0 Å². The molecular formula is C18H24N2. The van der Waals surface area contributed by atoms with Crippen LogP contribution in [0.25, 0.3) is 10.9 Å². The van der Waals surface area contributed by atoms with Gasteiger partial charge in [-0.1, -0.05) is 18.2 Å². The van der Waals surface area contributed by atoms with Crippen LogP contribution in [0.1, 0.15) is 51.8 Å². The zero-order chi connectivity index (χ0) is 14.1. The summed E-state index contributed by atoms with van der Waals surface area (Å²) in [7, 11) is 0. The summed E-state index contributed by atoms with van der Waals surface area (Å²) in [4.78, 5) is 6.48. The predicted molar refractivity (Wildman–Crippen MR) is 84.0 cm³/mol. The van der Waals surface area contributed by atoms with E-state index < -0.39 is 0 Å². The molecule has 2 unspecified atom stereocenters. The number of nitrogens with zero attached hydrogens (tertiary/aromatic N) is 1. The van der Waals surface area contributed by atoms with Crippen molar-refractivity contribution >= 4 is 10.9 Å². The lowest BCUT2D eigenvalue weighted by Gasteiger charge is -2.50. The van der Waals surface area contributed by atoms with E-state index >= 15 is 0 Å². The molecule has 0 spiro atoms. The molecule has 0 amide bonds. The number of para-hydroxylation sites is 1. The number of hydrogen-bond donors (Lipinski definition) is 1. The number of H-pyrrole nitrogens is 1. The SMILES string of the molecule is CC(C)N1C2(C)CCC1(C)c1c([nH]c3ccccc13)C2. The van der Waals surface area contributed by atoms with Gasteiger partial charge in [-0.05, 0) is 46.6 Å². The highest BCUT2D eigenvalue weighted by Gasteiger charge is 2.56. The smallest absolute Gasteiger partial charge is 0.0465 e.